The summed E-state index contributed by atoms with van der Waals surface area (Å²) in [5.41, 5.74) is 1.52. The summed E-state index contributed by atoms with van der Waals surface area (Å²) >= 11 is 0. The molecule has 28 heavy (non-hydrogen) atoms. The van der Waals surface area contributed by atoms with Gasteiger partial charge in [0.1, 0.15) is 18.7 Å². The third kappa shape index (κ3) is 3.26. The largest absolute Gasteiger partial charge is 0.394 e. The van der Waals surface area contributed by atoms with Gasteiger partial charge in [-0.2, -0.15) is 0 Å². The fourth-order valence-corrected chi connectivity index (χ4v) is 3.26. The molecule has 0 bridgehead atoms. The Morgan fingerprint density at radius 1 is 1.32 bits per heavy atom. The molecule has 0 unspecified atom stereocenters. The molecule has 0 spiro atoms. The van der Waals surface area contributed by atoms with Crippen LogP contribution in [0.25, 0.3) is 11.2 Å². The third-order valence-corrected chi connectivity index (χ3v) is 4.69. The Morgan fingerprint density at radius 3 is 2.89 bits per heavy atom. The van der Waals surface area contributed by atoms with Gasteiger partial charge in [-0.15, -0.1) is 0 Å². The number of imidazole rings is 1. The molecule has 3 atom stereocenters. The number of para-hydroxylation sites is 1. The summed E-state index contributed by atoms with van der Waals surface area (Å²) in [7, 11) is 0. The first-order valence-electron chi connectivity index (χ1n) is 8.66. The molecule has 1 fully saturated rings. The zero-order chi connectivity index (χ0) is 19.7. The van der Waals surface area contributed by atoms with Crippen molar-refractivity contribution in [3.05, 3.63) is 52.6 Å². The molecule has 0 saturated carbocycles. The highest BCUT2D eigenvalue weighted by Crippen LogP contribution is 2.31. The number of aliphatic hydroxyl groups excluding tert-OH is 2. The van der Waals surface area contributed by atoms with E-state index in [4.69, 9.17) is 4.74 Å². The van der Waals surface area contributed by atoms with Crippen LogP contribution in [0.15, 0.2) is 36.9 Å². The van der Waals surface area contributed by atoms with Crippen molar-refractivity contribution in [3.63, 3.8) is 0 Å². The van der Waals surface area contributed by atoms with Crippen LogP contribution >= 0.6 is 0 Å². The second-order valence-electron chi connectivity index (χ2n) is 6.40. The number of nitrogens with one attached hydrogen (secondary N) is 1. The van der Waals surface area contributed by atoms with Gasteiger partial charge in [-0.25, -0.2) is 15.0 Å². The lowest BCUT2D eigenvalue weighted by molar-refractivity contribution is -0.385. The van der Waals surface area contributed by atoms with Crippen molar-refractivity contribution in [2.24, 2.45) is 0 Å². The number of nitrogens with zero attached hydrogens (tertiary/aromatic N) is 5. The van der Waals surface area contributed by atoms with Crippen LogP contribution in [0.2, 0.25) is 0 Å². The van der Waals surface area contributed by atoms with Gasteiger partial charge in [-0.3, -0.25) is 14.7 Å². The molecule has 3 heterocycles. The maximum Gasteiger partial charge on any atom is 0.274 e. The molecular weight excluding hydrogens is 368 g/mol. The Labute approximate surface area is 158 Å². The smallest absolute Gasteiger partial charge is 0.274 e. The molecule has 11 heteroatoms. The molecule has 146 valence electrons. The Balaban J connectivity index is 1.59. The lowest BCUT2D eigenvalue weighted by Crippen LogP contribution is -2.24. The summed E-state index contributed by atoms with van der Waals surface area (Å²) in [4.78, 5) is 23.5. The number of rotatable bonds is 6. The van der Waals surface area contributed by atoms with Crippen LogP contribution in [0.4, 0.5) is 11.5 Å². The number of hydrogen-bond donors (Lipinski definition) is 3. The van der Waals surface area contributed by atoms with Gasteiger partial charge in [-0.1, -0.05) is 18.2 Å². The van der Waals surface area contributed by atoms with Crippen molar-refractivity contribution >= 4 is 22.7 Å². The summed E-state index contributed by atoms with van der Waals surface area (Å²) < 4.78 is 7.33. The van der Waals surface area contributed by atoms with Gasteiger partial charge >= 0.3 is 0 Å². The highest BCUT2D eigenvalue weighted by atomic mass is 16.6. The molecule has 1 saturated heterocycles. The van der Waals surface area contributed by atoms with E-state index in [1.807, 2.05) is 0 Å². The summed E-state index contributed by atoms with van der Waals surface area (Å²) in [5.74, 6) is 0.430. The molecule has 1 aliphatic rings. The minimum atomic E-state index is -0.773. The molecule has 0 amide bonds. The number of nitro benzene ring substituents is 1. The van der Waals surface area contributed by atoms with Crippen LogP contribution in [0.1, 0.15) is 18.2 Å². The van der Waals surface area contributed by atoms with Crippen LogP contribution in [-0.2, 0) is 11.3 Å². The first kappa shape index (κ1) is 18.2. The highest BCUT2D eigenvalue weighted by molar-refractivity contribution is 5.82. The molecule has 11 nitrogen and oxygen atoms in total. The summed E-state index contributed by atoms with van der Waals surface area (Å²) in [6.45, 7) is -0.0801. The van der Waals surface area contributed by atoms with E-state index < -0.39 is 23.4 Å². The maximum absolute atomic E-state index is 11.2. The zero-order valence-corrected chi connectivity index (χ0v) is 14.7. The molecule has 3 N–H and O–H groups in total. The average Bonchev–Trinajstić information content (AvgIpc) is 3.29. The summed E-state index contributed by atoms with van der Waals surface area (Å²) in [5, 5.41) is 33.4. The van der Waals surface area contributed by atoms with E-state index in [1.165, 1.54) is 18.7 Å². The normalized spacial score (nSPS) is 21.9. The quantitative estimate of drug-likeness (QED) is 0.416. The van der Waals surface area contributed by atoms with Gasteiger partial charge in [0.2, 0.25) is 0 Å². The van der Waals surface area contributed by atoms with Gasteiger partial charge in [0.05, 0.1) is 24.0 Å². The van der Waals surface area contributed by atoms with E-state index >= 15 is 0 Å². The fraction of sp³-hybridized carbons (Fsp3) is 0.353. The second-order valence-corrected chi connectivity index (χ2v) is 6.40. The highest BCUT2D eigenvalue weighted by Gasteiger charge is 2.35. The van der Waals surface area contributed by atoms with Crippen LogP contribution in [0, 0.1) is 10.1 Å². The van der Waals surface area contributed by atoms with Crippen LogP contribution in [0.5, 0.6) is 0 Å². The lowest BCUT2D eigenvalue weighted by atomic mass is 10.2. The predicted octanol–water partition coefficient (Wildman–Crippen LogP) is 0.987. The molecular formula is C17H18N6O5. The van der Waals surface area contributed by atoms with Crippen molar-refractivity contribution in [2.45, 2.75) is 31.4 Å². The topological polar surface area (TPSA) is 148 Å². The van der Waals surface area contributed by atoms with Crippen molar-refractivity contribution < 1.29 is 19.9 Å². The number of aromatic nitrogens is 4. The predicted molar refractivity (Wildman–Crippen MR) is 97.4 cm³/mol. The number of anilines is 1. The maximum atomic E-state index is 11.2. The molecule has 0 aliphatic carbocycles. The zero-order valence-electron chi connectivity index (χ0n) is 14.7. The number of benzene rings is 1. The summed E-state index contributed by atoms with van der Waals surface area (Å²) in [6.07, 6.45) is 1.27. The van der Waals surface area contributed by atoms with Gasteiger partial charge in [-0.05, 0) is 0 Å². The monoisotopic (exact) mass is 386 g/mol. The minimum absolute atomic E-state index is 0.0224. The molecule has 1 aromatic carbocycles. The van der Waals surface area contributed by atoms with E-state index in [9.17, 15) is 20.3 Å². The third-order valence-electron chi connectivity index (χ3n) is 4.69. The fourth-order valence-electron chi connectivity index (χ4n) is 3.26. The van der Waals surface area contributed by atoms with Gasteiger partial charge in [0, 0.05) is 24.6 Å². The van der Waals surface area contributed by atoms with Gasteiger partial charge < -0.3 is 20.3 Å². The first-order chi connectivity index (χ1) is 13.6. The van der Waals surface area contributed by atoms with E-state index in [2.05, 4.69) is 20.3 Å². The van der Waals surface area contributed by atoms with Gasteiger partial charge in [0.25, 0.3) is 5.69 Å². The SMILES string of the molecule is O=[N+]([O-])c1ccccc1CNc1ncnc2c1ncn2[C@H]1C[C@@H](O)[C@@H](CO)O1. The van der Waals surface area contributed by atoms with E-state index in [1.54, 1.807) is 22.8 Å². The van der Waals surface area contributed by atoms with Crippen molar-refractivity contribution in [3.8, 4) is 0 Å². The van der Waals surface area contributed by atoms with E-state index in [0.29, 0.717) is 29.0 Å². The van der Waals surface area contributed by atoms with Crippen LogP contribution in [-0.4, -0.2) is 53.5 Å². The van der Waals surface area contributed by atoms with Crippen molar-refractivity contribution in [1.29, 1.82) is 0 Å². The minimum Gasteiger partial charge on any atom is -0.394 e. The Hall–Kier alpha value is -3.15. The number of aliphatic hydroxyl groups is 2. The molecule has 4 rings (SSSR count). The Bertz CT molecular complexity index is 1010. The number of fused-ring (bicyclic) bond motifs is 1. The summed E-state index contributed by atoms with van der Waals surface area (Å²) in [6, 6.07) is 6.46. The van der Waals surface area contributed by atoms with E-state index in [0.717, 1.165) is 0 Å². The number of hydrogen-bond acceptors (Lipinski definition) is 9. The van der Waals surface area contributed by atoms with Gasteiger partial charge in [0.15, 0.2) is 17.0 Å². The molecule has 1 aliphatic heterocycles. The standard InChI is InChI=1S/C17H18N6O5/c24-7-13-12(25)5-14(28-13)22-9-21-15-16(19-8-20-17(15)22)18-6-10-3-1-2-4-11(10)23(26)27/h1-4,8-9,12-14,24-25H,5-7H2,(H,18,19,20)/t12-,13-,14-/m1/s1. The van der Waals surface area contributed by atoms with Crippen molar-refractivity contribution in [1.82, 2.24) is 19.5 Å². The van der Waals surface area contributed by atoms with Crippen LogP contribution < -0.4 is 5.32 Å². The lowest BCUT2D eigenvalue weighted by Gasteiger charge is -2.13. The van der Waals surface area contributed by atoms with Crippen LogP contribution in [0.3, 0.4) is 0 Å². The number of ether oxygens (including phenoxy) is 1. The molecule has 2 aromatic heterocycles. The Kier molecular flexibility index (Phi) is 4.86. The second kappa shape index (κ2) is 7.46. The molecule has 3 aromatic rings. The molecule has 0 radical (unpaired) electrons. The average molecular weight is 386 g/mol. The number of nitro groups is 1. The Morgan fingerprint density at radius 2 is 2.14 bits per heavy atom. The van der Waals surface area contributed by atoms with E-state index in [-0.39, 0.29) is 18.8 Å². The van der Waals surface area contributed by atoms with Crippen molar-refractivity contribution in [2.75, 3.05) is 11.9 Å². The first-order valence-corrected chi connectivity index (χ1v) is 8.66.